The summed E-state index contributed by atoms with van der Waals surface area (Å²) in [5.74, 6) is 0.737. The first-order valence-electron chi connectivity index (χ1n) is 8.41. The fourth-order valence-electron chi connectivity index (χ4n) is 3.74. The summed E-state index contributed by atoms with van der Waals surface area (Å²) >= 11 is 1.89. The van der Waals surface area contributed by atoms with Gasteiger partial charge >= 0.3 is 0 Å². The van der Waals surface area contributed by atoms with Crippen LogP contribution in [-0.4, -0.2) is 55.2 Å². The van der Waals surface area contributed by atoms with Gasteiger partial charge in [-0.15, -0.1) is 11.3 Å². The van der Waals surface area contributed by atoms with Gasteiger partial charge in [-0.05, 0) is 49.7 Å². The van der Waals surface area contributed by atoms with Crippen molar-refractivity contribution in [2.45, 2.75) is 38.8 Å². The number of likely N-dealkylation sites (tertiary alicyclic amines) is 1. The lowest BCUT2D eigenvalue weighted by Gasteiger charge is -2.31. The summed E-state index contributed by atoms with van der Waals surface area (Å²) in [6.07, 6.45) is 3.98. The highest BCUT2D eigenvalue weighted by atomic mass is 32.1. The Morgan fingerprint density at radius 3 is 3.05 bits per heavy atom. The largest absolute Gasteiger partial charge is 0.381 e. The lowest BCUT2D eigenvalue weighted by atomic mass is 10.1. The Morgan fingerprint density at radius 1 is 1.38 bits per heavy atom. The van der Waals surface area contributed by atoms with E-state index in [0.717, 1.165) is 31.7 Å². The SMILES string of the molecule is CCN1CCCC1CN(Cc1cccs1)CC1CCOC1. The average Bonchev–Trinajstić information content (AvgIpc) is 3.20. The molecule has 3 rings (SSSR count). The number of thiophene rings is 1. The van der Waals surface area contributed by atoms with Crippen LogP contribution >= 0.6 is 11.3 Å². The molecule has 0 bridgehead atoms. The molecule has 2 saturated heterocycles. The third-order valence-electron chi connectivity index (χ3n) is 4.87. The fraction of sp³-hybridized carbons (Fsp3) is 0.765. The van der Waals surface area contributed by atoms with E-state index in [2.05, 4.69) is 34.2 Å². The molecule has 0 aliphatic carbocycles. The van der Waals surface area contributed by atoms with Gasteiger partial charge in [0.15, 0.2) is 0 Å². The number of nitrogens with zero attached hydrogens (tertiary/aromatic N) is 2. The molecule has 4 heteroatoms. The van der Waals surface area contributed by atoms with E-state index in [0.29, 0.717) is 0 Å². The van der Waals surface area contributed by atoms with E-state index < -0.39 is 0 Å². The molecule has 0 amide bonds. The second-order valence-corrected chi connectivity index (χ2v) is 7.46. The zero-order chi connectivity index (χ0) is 14.5. The topological polar surface area (TPSA) is 15.7 Å². The van der Waals surface area contributed by atoms with E-state index in [4.69, 9.17) is 4.74 Å². The van der Waals surface area contributed by atoms with Crippen molar-refractivity contribution in [1.29, 1.82) is 0 Å². The van der Waals surface area contributed by atoms with Gasteiger partial charge < -0.3 is 4.74 Å². The highest BCUT2D eigenvalue weighted by molar-refractivity contribution is 7.09. The molecular formula is C17H28N2OS. The average molecular weight is 308 g/mol. The number of ether oxygens (including phenoxy) is 1. The fourth-order valence-corrected chi connectivity index (χ4v) is 4.48. The molecular weight excluding hydrogens is 280 g/mol. The Labute approximate surface area is 132 Å². The minimum Gasteiger partial charge on any atom is -0.381 e. The molecule has 2 atom stereocenters. The van der Waals surface area contributed by atoms with Crippen LogP contribution in [0.5, 0.6) is 0 Å². The molecule has 0 radical (unpaired) electrons. The van der Waals surface area contributed by atoms with Crippen molar-refractivity contribution in [2.24, 2.45) is 5.92 Å². The van der Waals surface area contributed by atoms with Crippen molar-refractivity contribution >= 4 is 11.3 Å². The highest BCUT2D eigenvalue weighted by Crippen LogP contribution is 2.22. The summed E-state index contributed by atoms with van der Waals surface area (Å²) < 4.78 is 5.57. The zero-order valence-electron chi connectivity index (χ0n) is 13.2. The monoisotopic (exact) mass is 308 g/mol. The summed E-state index contributed by atoms with van der Waals surface area (Å²) in [5.41, 5.74) is 0. The van der Waals surface area contributed by atoms with Crippen LogP contribution in [0.15, 0.2) is 17.5 Å². The molecule has 21 heavy (non-hydrogen) atoms. The minimum absolute atomic E-state index is 0.737. The first kappa shape index (κ1) is 15.5. The summed E-state index contributed by atoms with van der Waals surface area (Å²) in [4.78, 5) is 6.84. The number of hydrogen-bond acceptors (Lipinski definition) is 4. The molecule has 2 unspecified atom stereocenters. The predicted octanol–water partition coefficient (Wildman–Crippen LogP) is 3.07. The van der Waals surface area contributed by atoms with Gasteiger partial charge in [0, 0.05) is 37.2 Å². The van der Waals surface area contributed by atoms with Gasteiger partial charge in [0.25, 0.3) is 0 Å². The summed E-state index contributed by atoms with van der Waals surface area (Å²) in [6, 6.07) is 5.21. The van der Waals surface area contributed by atoms with Crippen molar-refractivity contribution in [1.82, 2.24) is 9.80 Å². The van der Waals surface area contributed by atoms with Gasteiger partial charge in [-0.2, -0.15) is 0 Å². The van der Waals surface area contributed by atoms with E-state index in [1.807, 2.05) is 11.3 Å². The van der Waals surface area contributed by atoms with Crippen LogP contribution in [0.25, 0.3) is 0 Å². The molecule has 0 N–H and O–H groups in total. The Bertz CT molecular complexity index is 403. The van der Waals surface area contributed by atoms with Gasteiger partial charge in [-0.1, -0.05) is 13.0 Å². The standard InChI is InChI=1S/C17H28N2OS/c1-2-19-8-3-5-16(19)12-18(11-15-7-9-20-14-15)13-17-6-4-10-21-17/h4,6,10,15-16H,2-3,5,7-9,11-14H2,1H3. The molecule has 0 aromatic carbocycles. The van der Waals surface area contributed by atoms with Crippen LogP contribution in [0.1, 0.15) is 31.1 Å². The molecule has 3 heterocycles. The van der Waals surface area contributed by atoms with Crippen LogP contribution in [0, 0.1) is 5.92 Å². The molecule has 2 fully saturated rings. The van der Waals surface area contributed by atoms with E-state index in [9.17, 15) is 0 Å². The smallest absolute Gasteiger partial charge is 0.0507 e. The van der Waals surface area contributed by atoms with Crippen LogP contribution < -0.4 is 0 Å². The molecule has 118 valence electrons. The Kier molecular flexibility index (Phi) is 5.69. The summed E-state index contributed by atoms with van der Waals surface area (Å²) in [6.45, 7) is 10.2. The first-order valence-corrected chi connectivity index (χ1v) is 9.29. The number of likely N-dealkylation sites (N-methyl/N-ethyl adjacent to an activating group) is 1. The molecule has 2 aliphatic rings. The first-order chi connectivity index (χ1) is 10.3. The van der Waals surface area contributed by atoms with Crippen LogP contribution in [0.4, 0.5) is 0 Å². The maximum absolute atomic E-state index is 5.57. The second-order valence-electron chi connectivity index (χ2n) is 6.43. The molecule has 1 aromatic rings. The Balaban J connectivity index is 1.59. The van der Waals surface area contributed by atoms with Gasteiger partial charge in [0.05, 0.1) is 6.61 Å². The lowest BCUT2D eigenvalue weighted by Crippen LogP contribution is -2.41. The third kappa shape index (κ3) is 4.28. The van der Waals surface area contributed by atoms with E-state index in [1.54, 1.807) is 0 Å². The third-order valence-corrected chi connectivity index (χ3v) is 5.74. The Hall–Kier alpha value is -0.420. The van der Waals surface area contributed by atoms with Crippen molar-refractivity contribution < 1.29 is 4.74 Å². The van der Waals surface area contributed by atoms with Crippen molar-refractivity contribution in [3.05, 3.63) is 22.4 Å². The van der Waals surface area contributed by atoms with Gasteiger partial charge in [-0.3, -0.25) is 9.80 Å². The van der Waals surface area contributed by atoms with Gasteiger partial charge in [0.1, 0.15) is 0 Å². The van der Waals surface area contributed by atoms with Crippen LogP contribution in [-0.2, 0) is 11.3 Å². The van der Waals surface area contributed by atoms with Crippen molar-refractivity contribution in [2.75, 3.05) is 39.4 Å². The molecule has 0 spiro atoms. The maximum Gasteiger partial charge on any atom is 0.0507 e. The van der Waals surface area contributed by atoms with Crippen LogP contribution in [0.3, 0.4) is 0 Å². The maximum atomic E-state index is 5.57. The van der Waals surface area contributed by atoms with Gasteiger partial charge in [0.2, 0.25) is 0 Å². The Morgan fingerprint density at radius 2 is 2.33 bits per heavy atom. The van der Waals surface area contributed by atoms with Gasteiger partial charge in [-0.25, -0.2) is 0 Å². The zero-order valence-corrected chi connectivity index (χ0v) is 14.0. The van der Waals surface area contributed by atoms with Crippen molar-refractivity contribution in [3.63, 3.8) is 0 Å². The molecule has 1 aromatic heterocycles. The normalized spacial score (nSPS) is 27.0. The van der Waals surface area contributed by atoms with E-state index in [1.165, 1.54) is 50.3 Å². The second kappa shape index (κ2) is 7.73. The number of rotatable bonds is 7. The lowest BCUT2D eigenvalue weighted by molar-refractivity contribution is 0.139. The van der Waals surface area contributed by atoms with Crippen molar-refractivity contribution in [3.8, 4) is 0 Å². The molecule has 2 aliphatic heterocycles. The van der Waals surface area contributed by atoms with Crippen LogP contribution in [0.2, 0.25) is 0 Å². The summed E-state index contributed by atoms with van der Waals surface area (Å²) in [5, 5.41) is 2.19. The summed E-state index contributed by atoms with van der Waals surface area (Å²) in [7, 11) is 0. The van der Waals surface area contributed by atoms with E-state index >= 15 is 0 Å². The molecule has 3 nitrogen and oxygen atoms in total. The molecule has 0 saturated carbocycles. The number of hydrogen-bond donors (Lipinski definition) is 0. The van der Waals surface area contributed by atoms with E-state index in [-0.39, 0.29) is 0 Å². The minimum atomic E-state index is 0.737. The predicted molar refractivity (Wildman–Crippen MR) is 88.8 cm³/mol. The highest BCUT2D eigenvalue weighted by Gasteiger charge is 2.27. The quantitative estimate of drug-likeness (QED) is 0.770.